The fraction of sp³-hybridized carbons (Fsp3) is 0. The molecule has 0 atom stereocenters. The minimum atomic E-state index is 0.835. The van der Waals surface area contributed by atoms with E-state index in [9.17, 15) is 0 Å². The molecule has 3 nitrogen and oxygen atoms in total. The Morgan fingerprint density at radius 1 is 0.345 bits per heavy atom. The Hall–Kier alpha value is -7.40. The minimum absolute atomic E-state index is 0.835. The van der Waals surface area contributed by atoms with Crippen molar-refractivity contribution < 1.29 is 8.83 Å². The van der Waals surface area contributed by atoms with Crippen molar-refractivity contribution in [1.82, 2.24) is 0 Å². The Kier molecular flexibility index (Phi) is 7.40. The molecule has 3 heterocycles. The monoisotopic (exact) mass is 759 g/mol. The highest BCUT2D eigenvalue weighted by Crippen LogP contribution is 2.49. The smallest absolute Gasteiger partial charge is 0.143 e. The Morgan fingerprint density at radius 2 is 0.897 bits per heavy atom. The molecule has 0 radical (unpaired) electrons. The van der Waals surface area contributed by atoms with Gasteiger partial charge in [-0.05, 0) is 82.9 Å². The molecule has 0 N–H and O–H groups in total. The molecule has 0 aliphatic rings. The molecule has 0 saturated carbocycles. The van der Waals surface area contributed by atoms with E-state index in [-0.39, 0.29) is 0 Å². The van der Waals surface area contributed by atoms with Gasteiger partial charge in [0.25, 0.3) is 0 Å². The maximum atomic E-state index is 7.01. The molecule has 272 valence electrons. The molecule has 0 spiro atoms. The van der Waals surface area contributed by atoms with Gasteiger partial charge in [0.15, 0.2) is 0 Å². The van der Waals surface area contributed by atoms with Crippen LogP contribution in [0.15, 0.2) is 209 Å². The maximum absolute atomic E-state index is 7.01. The topological polar surface area (TPSA) is 29.5 Å². The summed E-state index contributed by atoms with van der Waals surface area (Å²) >= 11 is 1.84. The molecule has 0 aliphatic carbocycles. The first-order valence-corrected chi connectivity index (χ1v) is 20.4. The van der Waals surface area contributed by atoms with Crippen LogP contribution in [0, 0.1) is 0 Å². The molecule has 58 heavy (non-hydrogen) atoms. The predicted molar refractivity (Wildman–Crippen MR) is 245 cm³/mol. The summed E-state index contributed by atoms with van der Waals surface area (Å²) in [5.74, 6) is 0. The van der Waals surface area contributed by atoms with Crippen LogP contribution in [0.25, 0.3) is 97.4 Å². The lowest BCUT2D eigenvalue weighted by Gasteiger charge is -2.27. The van der Waals surface area contributed by atoms with Crippen LogP contribution in [0.4, 0.5) is 17.1 Å². The maximum Gasteiger partial charge on any atom is 0.143 e. The lowest BCUT2D eigenvalue weighted by atomic mass is 9.97. The number of furan rings is 2. The minimum Gasteiger partial charge on any atom is -0.456 e. The van der Waals surface area contributed by atoms with E-state index in [1.54, 1.807) is 0 Å². The number of rotatable bonds is 6. The molecule has 0 amide bonds. The molecule has 0 bridgehead atoms. The second-order valence-corrected chi connectivity index (χ2v) is 15.9. The summed E-state index contributed by atoms with van der Waals surface area (Å²) in [5.41, 5.74) is 13.5. The van der Waals surface area contributed by atoms with Crippen molar-refractivity contribution in [3.8, 4) is 33.4 Å². The van der Waals surface area contributed by atoms with Gasteiger partial charge < -0.3 is 13.7 Å². The van der Waals surface area contributed by atoms with Crippen LogP contribution in [0.5, 0.6) is 0 Å². The van der Waals surface area contributed by atoms with Crippen molar-refractivity contribution in [3.63, 3.8) is 0 Å². The molecule has 0 saturated heterocycles. The molecule has 0 fully saturated rings. The second kappa shape index (κ2) is 13.1. The van der Waals surface area contributed by atoms with Crippen molar-refractivity contribution in [2.24, 2.45) is 0 Å². The third-order valence-electron chi connectivity index (χ3n) is 11.5. The highest BCUT2D eigenvalue weighted by molar-refractivity contribution is 7.26. The highest BCUT2D eigenvalue weighted by atomic mass is 32.1. The zero-order chi connectivity index (χ0) is 38.2. The molecule has 0 aliphatic heterocycles. The van der Waals surface area contributed by atoms with E-state index < -0.39 is 0 Å². The molecular weight excluding hydrogens is 727 g/mol. The average Bonchev–Trinajstić information content (AvgIpc) is 3.99. The number of para-hydroxylation sites is 1. The normalized spacial score (nSPS) is 11.8. The number of hydrogen-bond donors (Lipinski definition) is 0. The zero-order valence-electron chi connectivity index (χ0n) is 31.2. The summed E-state index contributed by atoms with van der Waals surface area (Å²) in [4.78, 5) is 2.38. The first-order valence-electron chi connectivity index (χ1n) is 19.6. The van der Waals surface area contributed by atoms with Gasteiger partial charge in [-0.15, -0.1) is 11.3 Å². The molecule has 12 aromatic rings. The number of hydrogen-bond acceptors (Lipinski definition) is 4. The summed E-state index contributed by atoms with van der Waals surface area (Å²) in [6.07, 6.45) is 0. The van der Waals surface area contributed by atoms with Crippen molar-refractivity contribution in [3.05, 3.63) is 200 Å². The summed E-state index contributed by atoms with van der Waals surface area (Å²) in [6, 6.07) is 71.4. The predicted octanol–water partition coefficient (Wildman–Crippen LogP) is 16.3. The summed E-state index contributed by atoms with van der Waals surface area (Å²) in [5, 5.41) is 6.77. The molecular formula is C54H33NO2S. The summed E-state index contributed by atoms with van der Waals surface area (Å²) in [6.45, 7) is 0. The van der Waals surface area contributed by atoms with E-state index in [1.165, 1.54) is 42.4 Å². The van der Waals surface area contributed by atoms with Crippen LogP contribution in [-0.2, 0) is 0 Å². The Morgan fingerprint density at radius 3 is 1.59 bits per heavy atom. The van der Waals surface area contributed by atoms with Crippen LogP contribution < -0.4 is 4.90 Å². The third-order valence-corrected chi connectivity index (χ3v) is 12.7. The first-order chi connectivity index (χ1) is 28.7. The Labute approximate surface area is 338 Å². The van der Waals surface area contributed by atoms with E-state index in [1.807, 2.05) is 29.5 Å². The number of thiophene rings is 1. The van der Waals surface area contributed by atoms with Gasteiger partial charge in [0, 0.05) is 69.9 Å². The molecule has 12 rings (SSSR count). The SMILES string of the molecule is c1ccc(-c2ccc(N(c3ccc(-c4ccccc4)cc3)c3cc(-c4cccc5c4sc4ccccc45)c4oc5ccc6oc7ccccc7c6c5c4c3)cc2)cc1. The lowest BCUT2D eigenvalue weighted by molar-refractivity contribution is 0.663. The third kappa shape index (κ3) is 5.19. The van der Waals surface area contributed by atoms with Gasteiger partial charge in [0.2, 0.25) is 0 Å². The highest BCUT2D eigenvalue weighted by Gasteiger charge is 2.24. The van der Waals surface area contributed by atoms with Gasteiger partial charge in [-0.3, -0.25) is 0 Å². The second-order valence-electron chi connectivity index (χ2n) is 14.8. The fourth-order valence-corrected chi connectivity index (χ4v) is 10.0. The van der Waals surface area contributed by atoms with E-state index in [2.05, 4.69) is 187 Å². The summed E-state index contributed by atoms with van der Waals surface area (Å²) < 4.78 is 16.0. The average molecular weight is 760 g/mol. The van der Waals surface area contributed by atoms with Crippen LogP contribution in [0.1, 0.15) is 0 Å². The number of nitrogens with zero attached hydrogens (tertiary/aromatic N) is 1. The lowest BCUT2D eigenvalue weighted by Crippen LogP contribution is -2.10. The summed E-state index contributed by atoms with van der Waals surface area (Å²) in [7, 11) is 0. The molecule has 9 aromatic carbocycles. The van der Waals surface area contributed by atoms with E-state index in [0.29, 0.717) is 0 Å². The van der Waals surface area contributed by atoms with Crippen molar-refractivity contribution in [2.45, 2.75) is 0 Å². The fourth-order valence-electron chi connectivity index (χ4n) is 8.77. The Balaban J connectivity index is 1.16. The van der Waals surface area contributed by atoms with Crippen LogP contribution in [0.3, 0.4) is 0 Å². The standard InChI is InChI=1S/C54H33NO2S/c1-3-12-34(13-4-1)36-22-26-38(27-23-36)55(39-28-24-37(25-29-39)35-14-5-2-6-15-35)40-32-45(43-19-11-18-42-41-16-8-10-21-50(41)58-54(42)43)53-46(33-40)52-49(57-53)31-30-48-51(52)44-17-7-9-20-47(44)56-48/h1-33H. The van der Waals surface area contributed by atoms with E-state index in [0.717, 1.165) is 72.1 Å². The van der Waals surface area contributed by atoms with Gasteiger partial charge in [0.05, 0.1) is 0 Å². The molecule has 4 heteroatoms. The van der Waals surface area contributed by atoms with Crippen molar-refractivity contribution in [1.29, 1.82) is 0 Å². The van der Waals surface area contributed by atoms with Gasteiger partial charge in [0.1, 0.15) is 22.3 Å². The zero-order valence-corrected chi connectivity index (χ0v) is 32.0. The molecule has 0 unspecified atom stereocenters. The van der Waals surface area contributed by atoms with E-state index >= 15 is 0 Å². The van der Waals surface area contributed by atoms with E-state index in [4.69, 9.17) is 8.83 Å². The number of fused-ring (bicyclic) bond motifs is 10. The number of benzene rings is 9. The number of anilines is 3. The van der Waals surface area contributed by atoms with Gasteiger partial charge >= 0.3 is 0 Å². The Bertz CT molecular complexity index is 3400. The van der Waals surface area contributed by atoms with Gasteiger partial charge in [-0.1, -0.05) is 140 Å². The quantitative estimate of drug-likeness (QED) is 0.169. The van der Waals surface area contributed by atoms with Crippen molar-refractivity contribution in [2.75, 3.05) is 4.90 Å². The largest absolute Gasteiger partial charge is 0.456 e. The van der Waals surface area contributed by atoms with Crippen LogP contribution in [0.2, 0.25) is 0 Å². The first kappa shape index (κ1) is 32.8. The van der Waals surface area contributed by atoms with Gasteiger partial charge in [-0.2, -0.15) is 0 Å². The van der Waals surface area contributed by atoms with Crippen LogP contribution in [-0.4, -0.2) is 0 Å². The van der Waals surface area contributed by atoms with Gasteiger partial charge in [-0.25, -0.2) is 0 Å². The van der Waals surface area contributed by atoms with Crippen molar-refractivity contribution >= 4 is 92.4 Å². The molecule has 3 aromatic heterocycles. The van der Waals surface area contributed by atoms with Crippen LogP contribution >= 0.6 is 11.3 Å².